The molecule has 0 aliphatic rings. The maximum absolute atomic E-state index is 13.2. The van der Waals surface area contributed by atoms with Gasteiger partial charge in [0, 0.05) is 11.8 Å². The highest BCUT2D eigenvalue weighted by atomic mass is 32.2. The lowest BCUT2D eigenvalue weighted by Gasteiger charge is -2.16. The number of nitrogens with one attached hydrogen (secondary N) is 2. The molecule has 0 fully saturated rings. The lowest BCUT2D eigenvalue weighted by Crippen LogP contribution is -2.19. The minimum absolute atomic E-state index is 0.217. The fourth-order valence-electron chi connectivity index (χ4n) is 2.90. The molecule has 29 heavy (non-hydrogen) atoms. The summed E-state index contributed by atoms with van der Waals surface area (Å²) in [7, 11) is 1.61. The summed E-state index contributed by atoms with van der Waals surface area (Å²) < 4.78 is 18.4. The predicted octanol–water partition coefficient (Wildman–Crippen LogP) is 5.18. The van der Waals surface area contributed by atoms with Crippen molar-refractivity contribution in [1.82, 2.24) is 9.97 Å². The van der Waals surface area contributed by atoms with Crippen LogP contribution in [0.15, 0.2) is 78.0 Å². The average Bonchev–Trinajstić information content (AvgIpc) is 3.16. The molecule has 0 spiro atoms. The molecule has 7 heteroatoms. The Morgan fingerprint density at radius 3 is 2.59 bits per heavy atom. The topological polar surface area (TPSA) is 67.0 Å². The molecule has 0 radical (unpaired) electrons. The Bertz CT molecular complexity index is 1130. The molecule has 1 aromatic heterocycles. The van der Waals surface area contributed by atoms with Gasteiger partial charge in [-0.1, -0.05) is 42.1 Å². The van der Waals surface area contributed by atoms with Crippen LogP contribution in [0.1, 0.15) is 10.8 Å². The number of carbonyl (C=O) groups is 1. The average molecular weight is 407 g/mol. The van der Waals surface area contributed by atoms with Gasteiger partial charge in [-0.25, -0.2) is 9.37 Å². The molecule has 0 bridgehead atoms. The number of aromatic nitrogens is 2. The van der Waals surface area contributed by atoms with Crippen LogP contribution in [0, 0.1) is 5.82 Å². The van der Waals surface area contributed by atoms with Crippen LogP contribution in [-0.4, -0.2) is 23.0 Å². The van der Waals surface area contributed by atoms with Gasteiger partial charge < -0.3 is 15.0 Å². The zero-order chi connectivity index (χ0) is 20.2. The standard InChI is InChI=1S/C22H18FN3O2S/c1-28-17-11-12-18-19(13-17)26-22(25-18)29-20(14-5-3-2-4-6-14)21(27)24-16-9-7-15(23)8-10-16/h2-13,20H,1H3,(H,24,27)(H,25,26). The van der Waals surface area contributed by atoms with E-state index in [-0.39, 0.29) is 11.7 Å². The number of halogens is 1. The molecule has 0 saturated heterocycles. The van der Waals surface area contributed by atoms with E-state index in [2.05, 4.69) is 15.3 Å². The maximum atomic E-state index is 13.2. The third-order valence-corrected chi connectivity index (χ3v) is 5.49. The van der Waals surface area contributed by atoms with Crippen LogP contribution in [0.5, 0.6) is 5.75 Å². The molecule has 4 rings (SSSR count). The van der Waals surface area contributed by atoms with E-state index < -0.39 is 5.25 Å². The second-order valence-corrected chi connectivity index (χ2v) is 7.42. The van der Waals surface area contributed by atoms with Gasteiger partial charge in [-0.3, -0.25) is 4.79 Å². The SMILES string of the molecule is COc1ccc2nc(SC(C(=O)Nc3ccc(F)cc3)c3ccccc3)[nH]c2c1. The highest BCUT2D eigenvalue weighted by molar-refractivity contribution is 8.00. The minimum atomic E-state index is -0.538. The normalized spacial score (nSPS) is 11.9. The Hall–Kier alpha value is -3.32. The molecule has 1 atom stereocenters. The van der Waals surface area contributed by atoms with E-state index in [9.17, 15) is 9.18 Å². The van der Waals surface area contributed by atoms with E-state index in [0.29, 0.717) is 10.8 Å². The van der Waals surface area contributed by atoms with Crippen LogP contribution >= 0.6 is 11.8 Å². The van der Waals surface area contributed by atoms with Crippen molar-refractivity contribution in [2.24, 2.45) is 0 Å². The molecule has 146 valence electrons. The van der Waals surface area contributed by atoms with Gasteiger partial charge >= 0.3 is 0 Å². The van der Waals surface area contributed by atoms with Crippen molar-refractivity contribution in [2.75, 3.05) is 12.4 Å². The summed E-state index contributed by atoms with van der Waals surface area (Å²) in [6.07, 6.45) is 0. The number of thioether (sulfide) groups is 1. The predicted molar refractivity (Wildman–Crippen MR) is 113 cm³/mol. The van der Waals surface area contributed by atoms with Gasteiger partial charge in [-0.15, -0.1) is 0 Å². The molecular weight excluding hydrogens is 389 g/mol. The minimum Gasteiger partial charge on any atom is -0.497 e. The van der Waals surface area contributed by atoms with Gasteiger partial charge in [0.25, 0.3) is 0 Å². The van der Waals surface area contributed by atoms with Gasteiger partial charge in [-0.2, -0.15) is 0 Å². The molecular formula is C22H18FN3O2S. The van der Waals surface area contributed by atoms with Crippen LogP contribution in [0.2, 0.25) is 0 Å². The first kappa shape index (κ1) is 19.0. The van der Waals surface area contributed by atoms with Crippen LogP contribution < -0.4 is 10.1 Å². The number of H-pyrrole nitrogens is 1. The molecule has 5 nitrogen and oxygen atoms in total. The summed E-state index contributed by atoms with van der Waals surface area (Å²) in [5.74, 6) is 0.159. The van der Waals surface area contributed by atoms with E-state index in [0.717, 1.165) is 22.3 Å². The van der Waals surface area contributed by atoms with Crippen molar-refractivity contribution in [3.8, 4) is 5.75 Å². The third-order valence-electron chi connectivity index (χ3n) is 4.35. The first-order chi connectivity index (χ1) is 14.1. The Kier molecular flexibility index (Phi) is 5.48. The summed E-state index contributed by atoms with van der Waals surface area (Å²) in [6.45, 7) is 0. The fraction of sp³-hybridized carbons (Fsp3) is 0.0909. The summed E-state index contributed by atoms with van der Waals surface area (Å²) in [4.78, 5) is 20.8. The molecule has 0 aliphatic carbocycles. The van der Waals surface area contributed by atoms with Gasteiger partial charge in [-0.05, 0) is 42.0 Å². The van der Waals surface area contributed by atoms with Crippen LogP contribution in [-0.2, 0) is 4.79 Å². The van der Waals surface area contributed by atoms with Crippen molar-refractivity contribution in [1.29, 1.82) is 0 Å². The number of ether oxygens (including phenoxy) is 1. The van der Waals surface area contributed by atoms with Gasteiger partial charge in [0.15, 0.2) is 5.16 Å². The molecule has 0 aliphatic heterocycles. The monoisotopic (exact) mass is 407 g/mol. The van der Waals surface area contributed by atoms with E-state index in [1.54, 1.807) is 7.11 Å². The molecule has 0 saturated carbocycles. The molecule has 1 amide bonds. The van der Waals surface area contributed by atoms with E-state index in [1.807, 2.05) is 48.5 Å². The summed E-state index contributed by atoms with van der Waals surface area (Å²) >= 11 is 1.32. The van der Waals surface area contributed by atoms with E-state index in [1.165, 1.54) is 36.0 Å². The molecule has 2 N–H and O–H groups in total. The number of rotatable bonds is 6. The fourth-order valence-corrected chi connectivity index (χ4v) is 3.90. The number of nitrogens with zero attached hydrogens (tertiary/aromatic N) is 1. The summed E-state index contributed by atoms with van der Waals surface area (Å²) in [6, 6.07) is 20.7. The molecule has 4 aromatic rings. The number of methoxy groups -OCH3 is 1. The number of anilines is 1. The molecule has 1 unspecified atom stereocenters. The van der Waals surface area contributed by atoms with Crippen molar-refractivity contribution in [3.63, 3.8) is 0 Å². The number of hydrogen-bond acceptors (Lipinski definition) is 4. The number of imidazole rings is 1. The second kappa shape index (κ2) is 8.36. The summed E-state index contributed by atoms with van der Waals surface area (Å²) in [5, 5.41) is 2.94. The number of hydrogen-bond donors (Lipinski definition) is 2. The van der Waals surface area contributed by atoms with Crippen LogP contribution in [0.4, 0.5) is 10.1 Å². The van der Waals surface area contributed by atoms with Crippen LogP contribution in [0.3, 0.4) is 0 Å². The zero-order valence-electron chi connectivity index (χ0n) is 15.6. The van der Waals surface area contributed by atoms with Gasteiger partial charge in [0.2, 0.25) is 5.91 Å². The van der Waals surface area contributed by atoms with E-state index in [4.69, 9.17) is 4.74 Å². The van der Waals surface area contributed by atoms with Crippen molar-refractivity contribution in [3.05, 3.63) is 84.2 Å². The number of carbonyl (C=O) groups excluding carboxylic acids is 1. The zero-order valence-corrected chi connectivity index (χ0v) is 16.4. The number of amides is 1. The quantitative estimate of drug-likeness (QED) is 0.432. The van der Waals surface area contributed by atoms with Crippen molar-refractivity contribution >= 4 is 34.4 Å². The third kappa shape index (κ3) is 4.41. The Morgan fingerprint density at radius 1 is 1.10 bits per heavy atom. The largest absolute Gasteiger partial charge is 0.497 e. The number of fused-ring (bicyclic) bond motifs is 1. The Balaban J connectivity index is 1.62. The molecule has 1 heterocycles. The van der Waals surface area contributed by atoms with Crippen molar-refractivity contribution in [2.45, 2.75) is 10.4 Å². The highest BCUT2D eigenvalue weighted by Gasteiger charge is 2.24. The lowest BCUT2D eigenvalue weighted by atomic mass is 10.1. The van der Waals surface area contributed by atoms with E-state index >= 15 is 0 Å². The van der Waals surface area contributed by atoms with Gasteiger partial charge in [0.05, 0.1) is 18.1 Å². The summed E-state index contributed by atoms with van der Waals surface area (Å²) in [5.41, 5.74) is 3.00. The smallest absolute Gasteiger partial charge is 0.242 e. The lowest BCUT2D eigenvalue weighted by molar-refractivity contribution is -0.115. The maximum Gasteiger partial charge on any atom is 0.242 e. The highest BCUT2D eigenvalue weighted by Crippen LogP contribution is 2.36. The van der Waals surface area contributed by atoms with Crippen molar-refractivity contribution < 1.29 is 13.9 Å². The molecule has 3 aromatic carbocycles. The first-order valence-electron chi connectivity index (χ1n) is 8.94. The van der Waals surface area contributed by atoms with Crippen LogP contribution in [0.25, 0.3) is 11.0 Å². The number of aromatic amines is 1. The Labute approximate surface area is 171 Å². The van der Waals surface area contributed by atoms with Gasteiger partial charge in [0.1, 0.15) is 16.8 Å². The number of benzene rings is 3. The Morgan fingerprint density at radius 2 is 1.86 bits per heavy atom. The second-order valence-electron chi connectivity index (χ2n) is 6.33. The first-order valence-corrected chi connectivity index (χ1v) is 9.82.